The van der Waals surface area contributed by atoms with E-state index in [4.69, 9.17) is 0 Å². The maximum Gasteiger partial charge on any atom is 0.227 e. The van der Waals surface area contributed by atoms with Crippen LogP contribution in [0.2, 0.25) is 0 Å². The lowest BCUT2D eigenvalue weighted by Crippen LogP contribution is -2.41. The molecule has 2 aromatic carbocycles. The molecule has 0 unspecified atom stereocenters. The van der Waals surface area contributed by atoms with E-state index < -0.39 is 10.0 Å². The molecule has 7 nitrogen and oxygen atoms in total. The molecule has 0 spiro atoms. The van der Waals surface area contributed by atoms with Crippen LogP contribution in [-0.2, 0) is 20.6 Å². The number of sulfonamides is 1. The van der Waals surface area contributed by atoms with E-state index in [1.54, 1.807) is 6.20 Å². The monoisotopic (exact) mass is 398 g/mol. The summed E-state index contributed by atoms with van der Waals surface area (Å²) >= 11 is 0. The van der Waals surface area contributed by atoms with Crippen molar-refractivity contribution < 1.29 is 13.2 Å². The summed E-state index contributed by atoms with van der Waals surface area (Å²) in [7, 11) is -3.38. The van der Waals surface area contributed by atoms with Crippen LogP contribution in [0.5, 0.6) is 0 Å². The fraction of sp³-hybridized carbons (Fsp3) is 0.300. The molecule has 1 aliphatic heterocycles. The third-order valence-electron chi connectivity index (χ3n) is 5.14. The molecular weight excluding hydrogens is 376 g/mol. The van der Waals surface area contributed by atoms with E-state index in [1.165, 1.54) is 4.31 Å². The Labute approximate surface area is 163 Å². The molecule has 0 saturated carbocycles. The number of H-pyrrole nitrogens is 1. The lowest BCUT2D eigenvalue weighted by molar-refractivity contribution is -0.120. The standard InChI is InChI=1S/C20H22N4O3S/c25-20(22-18-8-4-7-17-13-21-23-19(17)18)16-9-11-24(12-10-16)28(26,27)14-15-5-2-1-3-6-15/h1-8,13,16H,9-12,14H2,(H,21,23)(H,22,25). The molecule has 2 heterocycles. The van der Waals surface area contributed by atoms with Gasteiger partial charge in [-0.15, -0.1) is 0 Å². The van der Waals surface area contributed by atoms with E-state index in [-0.39, 0.29) is 17.6 Å². The van der Waals surface area contributed by atoms with Crippen molar-refractivity contribution >= 4 is 32.5 Å². The van der Waals surface area contributed by atoms with Crippen molar-refractivity contribution in [3.63, 3.8) is 0 Å². The number of carbonyl (C=O) groups is 1. The summed E-state index contributed by atoms with van der Waals surface area (Å²) in [5, 5.41) is 10.8. The van der Waals surface area contributed by atoms with Crippen LogP contribution in [0.3, 0.4) is 0 Å². The molecule has 3 aromatic rings. The zero-order chi connectivity index (χ0) is 19.6. The Morgan fingerprint density at radius 2 is 1.86 bits per heavy atom. The first-order valence-electron chi connectivity index (χ1n) is 9.28. The Hall–Kier alpha value is -2.71. The van der Waals surface area contributed by atoms with Crippen LogP contribution >= 0.6 is 0 Å². The SMILES string of the molecule is O=C(Nc1cccc2cn[nH]c12)C1CCN(S(=O)(=O)Cc2ccccc2)CC1. The molecule has 0 aliphatic carbocycles. The van der Waals surface area contributed by atoms with Gasteiger partial charge in [0, 0.05) is 24.4 Å². The predicted molar refractivity (Wildman–Crippen MR) is 108 cm³/mol. The first-order valence-corrected chi connectivity index (χ1v) is 10.9. The molecule has 1 saturated heterocycles. The van der Waals surface area contributed by atoms with Gasteiger partial charge in [-0.1, -0.05) is 42.5 Å². The van der Waals surface area contributed by atoms with Gasteiger partial charge in [-0.25, -0.2) is 12.7 Å². The normalized spacial score (nSPS) is 16.3. The summed E-state index contributed by atoms with van der Waals surface area (Å²) < 4.78 is 26.8. The van der Waals surface area contributed by atoms with Crippen molar-refractivity contribution in [3.05, 3.63) is 60.3 Å². The van der Waals surface area contributed by atoms with Gasteiger partial charge in [0.25, 0.3) is 0 Å². The first kappa shape index (κ1) is 18.6. The van der Waals surface area contributed by atoms with Crippen molar-refractivity contribution in [1.82, 2.24) is 14.5 Å². The van der Waals surface area contributed by atoms with Gasteiger partial charge in [0.05, 0.1) is 23.2 Å². The lowest BCUT2D eigenvalue weighted by Gasteiger charge is -2.30. The number of aromatic amines is 1. The molecule has 1 aromatic heterocycles. The number of aromatic nitrogens is 2. The zero-order valence-corrected chi connectivity index (χ0v) is 16.2. The number of carbonyl (C=O) groups excluding carboxylic acids is 1. The van der Waals surface area contributed by atoms with Crippen LogP contribution in [0.1, 0.15) is 18.4 Å². The molecule has 0 bridgehead atoms. The van der Waals surface area contributed by atoms with Crippen molar-refractivity contribution in [2.45, 2.75) is 18.6 Å². The van der Waals surface area contributed by atoms with Crippen molar-refractivity contribution in [3.8, 4) is 0 Å². The molecule has 8 heteroatoms. The summed E-state index contributed by atoms with van der Waals surface area (Å²) in [4.78, 5) is 12.7. The molecule has 146 valence electrons. The number of nitrogens with zero attached hydrogens (tertiary/aromatic N) is 2. The largest absolute Gasteiger partial charge is 0.324 e. The van der Waals surface area contributed by atoms with Crippen LogP contribution in [-0.4, -0.2) is 41.9 Å². The van der Waals surface area contributed by atoms with Gasteiger partial charge >= 0.3 is 0 Å². The predicted octanol–water partition coefficient (Wildman–Crippen LogP) is 2.74. The number of nitrogens with one attached hydrogen (secondary N) is 2. The molecular formula is C20H22N4O3S. The van der Waals surface area contributed by atoms with Gasteiger partial charge in [0.2, 0.25) is 15.9 Å². The number of para-hydroxylation sites is 1. The summed E-state index contributed by atoms with van der Waals surface area (Å²) in [5.41, 5.74) is 2.26. The molecule has 28 heavy (non-hydrogen) atoms. The second kappa shape index (κ2) is 7.73. The Kier molecular flexibility index (Phi) is 5.15. The minimum atomic E-state index is -3.38. The smallest absolute Gasteiger partial charge is 0.227 e. The van der Waals surface area contributed by atoms with Crippen LogP contribution in [0.4, 0.5) is 5.69 Å². The Morgan fingerprint density at radius 1 is 1.11 bits per heavy atom. The van der Waals surface area contributed by atoms with E-state index in [0.717, 1.165) is 16.5 Å². The quantitative estimate of drug-likeness (QED) is 0.691. The highest BCUT2D eigenvalue weighted by Gasteiger charge is 2.31. The molecule has 2 N–H and O–H groups in total. The number of benzene rings is 2. The van der Waals surface area contributed by atoms with Crippen LogP contribution in [0, 0.1) is 5.92 Å². The van der Waals surface area contributed by atoms with Gasteiger partial charge in [-0.3, -0.25) is 9.89 Å². The second-order valence-corrected chi connectivity index (χ2v) is 9.01. The summed E-state index contributed by atoms with van der Waals surface area (Å²) in [6.45, 7) is 0.725. The Balaban J connectivity index is 1.37. The average Bonchev–Trinajstić information content (AvgIpc) is 3.18. The fourth-order valence-corrected chi connectivity index (χ4v) is 5.14. The second-order valence-electron chi connectivity index (χ2n) is 7.04. The maximum atomic E-state index is 12.7. The molecule has 0 radical (unpaired) electrons. The third kappa shape index (κ3) is 3.93. The fourth-order valence-electron chi connectivity index (χ4n) is 3.58. The van der Waals surface area contributed by atoms with E-state index in [9.17, 15) is 13.2 Å². The van der Waals surface area contributed by atoms with Gasteiger partial charge in [0.1, 0.15) is 0 Å². The third-order valence-corrected chi connectivity index (χ3v) is 6.99. The number of hydrogen-bond acceptors (Lipinski definition) is 4. The van der Waals surface area contributed by atoms with E-state index in [1.807, 2.05) is 48.5 Å². The first-order chi connectivity index (χ1) is 13.5. The molecule has 1 fully saturated rings. The molecule has 0 atom stereocenters. The number of rotatable bonds is 5. The van der Waals surface area contributed by atoms with Gasteiger partial charge in [-0.05, 0) is 24.5 Å². The highest BCUT2D eigenvalue weighted by atomic mass is 32.2. The number of hydrogen-bond donors (Lipinski definition) is 2. The van der Waals surface area contributed by atoms with E-state index >= 15 is 0 Å². The zero-order valence-electron chi connectivity index (χ0n) is 15.3. The summed E-state index contributed by atoms with van der Waals surface area (Å²) in [6.07, 6.45) is 2.73. The molecule has 1 aliphatic rings. The minimum absolute atomic E-state index is 0.00742. The van der Waals surface area contributed by atoms with Crippen LogP contribution in [0.25, 0.3) is 10.9 Å². The average molecular weight is 398 g/mol. The van der Waals surface area contributed by atoms with Crippen molar-refractivity contribution in [2.75, 3.05) is 18.4 Å². The van der Waals surface area contributed by atoms with Gasteiger partial charge in [-0.2, -0.15) is 5.10 Å². The van der Waals surface area contributed by atoms with Crippen LogP contribution in [0.15, 0.2) is 54.7 Å². The van der Waals surface area contributed by atoms with E-state index in [0.29, 0.717) is 31.6 Å². The van der Waals surface area contributed by atoms with Gasteiger partial charge < -0.3 is 5.32 Å². The van der Waals surface area contributed by atoms with Gasteiger partial charge in [0.15, 0.2) is 0 Å². The summed E-state index contributed by atoms with van der Waals surface area (Å²) in [6, 6.07) is 14.8. The number of piperidine rings is 1. The minimum Gasteiger partial charge on any atom is -0.324 e. The maximum absolute atomic E-state index is 12.7. The number of amides is 1. The Bertz CT molecular complexity index is 1070. The van der Waals surface area contributed by atoms with E-state index in [2.05, 4.69) is 15.5 Å². The Morgan fingerprint density at radius 3 is 2.61 bits per heavy atom. The lowest BCUT2D eigenvalue weighted by atomic mass is 9.97. The summed E-state index contributed by atoms with van der Waals surface area (Å²) in [5.74, 6) is -0.296. The highest BCUT2D eigenvalue weighted by Crippen LogP contribution is 2.25. The topological polar surface area (TPSA) is 95.2 Å². The van der Waals surface area contributed by atoms with Crippen molar-refractivity contribution in [1.29, 1.82) is 0 Å². The number of fused-ring (bicyclic) bond motifs is 1. The van der Waals surface area contributed by atoms with Crippen LogP contribution < -0.4 is 5.32 Å². The molecule has 1 amide bonds. The molecule has 4 rings (SSSR count). The highest BCUT2D eigenvalue weighted by molar-refractivity contribution is 7.88. The number of anilines is 1. The van der Waals surface area contributed by atoms with Crippen molar-refractivity contribution in [2.24, 2.45) is 5.92 Å².